The van der Waals surface area contributed by atoms with Gasteiger partial charge in [0.25, 0.3) is 0 Å². The van der Waals surface area contributed by atoms with Crippen LogP contribution in [-0.2, 0) is 4.79 Å². The summed E-state index contributed by atoms with van der Waals surface area (Å²) in [7, 11) is 1.88. The molecule has 1 aromatic carbocycles. The van der Waals surface area contributed by atoms with Gasteiger partial charge in [0, 0.05) is 25.2 Å². The molecule has 0 aliphatic heterocycles. The number of rotatable bonds is 6. The fourth-order valence-corrected chi connectivity index (χ4v) is 1.88. The summed E-state index contributed by atoms with van der Waals surface area (Å²) < 4.78 is 0. The van der Waals surface area contributed by atoms with E-state index in [0.717, 1.165) is 18.8 Å². The Balaban J connectivity index is 2.04. The molecule has 1 fully saturated rings. The van der Waals surface area contributed by atoms with Crippen LogP contribution in [0.4, 0.5) is 5.69 Å². The molecule has 2 rings (SSSR count). The second-order valence-electron chi connectivity index (χ2n) is 4.64. The summed E-state index contributed by atoms with van der Waals surface area (Å²) in [6.45, 7) is 1.62. The largest absolute Gasteiger partial charge is 0.319 e. The van der Waals surface area contributed by atoms with Crippen molar-refractivity contribution >= 4 is 11.6 Å². The average Bonchev–Trinajstić information content (AvgIpc) is 3.18. The third-order valence-corrected chi connectivity index (χ3v) is 3.10. The number of hydrogen-bond donors (Lipinski definition) is 1. The maximum absolute atomic E-state index is 12.2. The lowest BCUT2D eigenvalue weighted by atomic mass is 10.2. The van der Waals surface area contributed by atoms with E-state index in [1.54, 1.807) is 0 Å². The SMILES string of the molecule is CNCCC(=O)N(CC1CC1)c1ccccc1. The zero-order chi connectivity index (χ0) is 12.1. The van der Waals surface area contributed by atoms with Crippen LogP contribution >= 0.6 is 0 Å². The smallest absolute Gasteiger partial charge is 0.228 e. The topological polar surface area (TPSA) is 32.3 Å². The highest BCUT2D eigenvalue weighted by Crippen LogP contribution is 2.31. The van der Waals surface area contributed by atoms with Crippen molar-refractivity contribution in [1.29, 1.82) is 0 Å². The molecule has 1 saturated carbocycles. The van der Waals surface area contributed by atoms with Crippen LogP contribution in [0.3, 0.4) is 0 Å². The number of hydrogen-bond acceptors (Lipinski definition) is 2. The molecular formula is C14H20N2O. The van der Waals surface area contributed by atoms with E-state index in [-0.39, 0.29) is 5.91 Å². The summed E-state index contributed by atoms with van der Waals surface area (Å²) >= 11 is 0. The van der Waals surface area contributed by atoms with Gasteiger partial charge in [0.05, 0.1) is 0 Å². The highest BCUT2D eigenvalue weighted by molar-refractivity contribution is 5.93. The van der Waals surface area contributed by atoms with Gasteiger partial charge < -0.3 is 10.2 Å². The Morgan fingerprint density at radius 3 is 2.65 bits per heavy atom. The van der Waals surface area contributed by atoms with Crippen molar-refractivity contribution in [2.45, 2.75) is 19.3 Å². The molecule has 1 aliphatic carbocycles. The normalized spacial score (nSPS) is 14.6. The van der Waals surface area contributed by atoms with Gasteiger partial charge in [0.15, 0.2) is 0 Å². The molecule has 0 spiro atoms. The zero-order valence-electron chi connectivity index (χ0n) is 10.4. The second kappa shape index (κ2) is 5.82. The number of nitrogens with one attached hydrogen (secondary N) is 1. The average molecular weight is 232 g/mol. The number of nitrogens with zero attached hydrogens (tertiary/aromatic N) is 1. The number of para-hydroxylation sites is 1. The first kappa shape index (κ1) is 12.1. The van der Waals surface area contributed by atoms with Gasteiger partial charge in [-0.25, -0.2) is 0 Å². The maximum atomic E-state index is 12.2. The molecule has 0 aromatic heterocycles. The summed E-state index contributed by atoms with van der Waals surface area (Å²) in [6.07, 6.45) is 3.10. The van der Waals surface area contributed by atoms with Crippen LogP contribution in [-0.4, -0.2) is 26.0 Å². The van der Waals surface area contributed by atoms with Gasteiger partial charge in [-0.1, -0.05) is 18.2 Å². The number of amides is 1. The maximum Gasteiger partial charge on any atom is 0.228 e. The summed E-state index contributed by atoms with van der Waals surface area (Å²) in [5.41, 5.74) is 1.03. The van der Waals surface area contributed by atoms with Gasteiger partial charge in [-0.15, -0.1) is 0 Å². The Morgan fingerprint density at radius 2 is 2.06 bits per heavy atom. The lowest BCUT2D eigenvalue weighted by molar-refractivity contribution is -0.118. The Morgan fingerprint density at radius 1 is 1.35 bits per heavy atom. The minimum atomic E-state index is 0.220. The molecule has 0 unspecified atom stereocenters. The van der Waals surface area contributed by atoms with Gasteiger partial charge in [-0.2, -0.15) is 0 Å². The van der Waals surface area contributed by atoms with Crippen LogP contribution < -0.4 is 10.2 Å². The van der Waals surface area contributed by atoms with Crippen molar-refractivity contribution < 1.29 is 4.79 Å². The van der Waals surface area contributed by atoms with Gasteiger partial charge in [-0.05, 0) is 37.9 Å². The van der Waals surface area contributed by atoms with Crippen LogP contribution in [0, 0.1) is 5.92 Å². The molecule has 1 aromatic rings. The van der Waals surface area contributed by atoms with Gasteiger partial charge in [0.2, 0.25) is 5.91 Å². The molecule has 3 nitrogen and oxygen atoms in total. The highest BCUT2D eigenvalue weighted by Gasteiger charge is 2.27. The van der Waals surface area contributed by atoms with Crippen LogP contribution in [0.5, 0.6) is 0 Å². The Labute approximate surface area is 103 Å². The molecule has 1 aliphatic rings. The number of anilines is 1. The molecule has 0 saturated heterocycles. The molecular weight excluding hydrogens is 212 g/mol. The van der Waals surface area contributed by atoms with Crippen molar-refractivity contribution in [3.63, 3.8) is 0 Å². The predicted octanol–water partition coefficient (Wildman–Crippen LogP) is 2.04. The van der Waals surface area contributed by atoms with Crippen LogP contribution in [0.2, 0.25) is 0 Å². The van der Waals surface area contributed by atoms with E-state index < -0.39 is 0 Å². The second-order valence-corrected chi connectivity index (χ2v) is 4.64. The summed E-state index contributed by atoms with van der Waals surface area (Å²) in [4.78, 5) is 14.1. The summed E-state index contributed by atoms with van der Waals surface area (Å²) in [5, 5.41) is 3.03. The van der Waals surface area contributed by atoms with Crippen molar-refractivity contribution in [2.75, 3.05) is 25.0 Å². The lowest BCUT2D eigenvalue weighted by Crippen LogP contribution is -2.34. The molecule has 1 amide bonds. The third-order valence-electron chi connectivity index (χ3n) is 3.10. The third kappa shape index (κ3) is 3.56. The minimum Gasteiger partial charge on any atom is -0.319 e. The highest BCUT2D eigenvalue weighted by atomic mass is 16.2. The van der Waals surface area contributed by atoms with E-state index in [1.165, 1.54) is 12.8 Å². The summed E-state index contributed by atoms with van der Waals surface area (Å²) in [5.74, 6) is 0.936. The number of carbonyl (C=O) groups is 1. The molecule has 3 heteroatoms. The van der Waals surface area contributed by atoms with Crippen LogP contribution in [0.25, 0.3) is 0 Å². The van der Waals surface area contributed by atoms with Gasteiger partial charge >= 0.3 is 0 Å². The minimum absolute atomic E-state index is 0.220. The molecule has 0 atom stereocenters. The van der Waals surface area contributed by atoms with Crippen LogP contribution in [0.1, 0.15) is 19.3 Å². The van der Waals surface area contributed by atoms with Crippen molar-refractivity contribution in [2.24, 2.45) is 5.92 Å². The first-order valence-corrected chi connectivity index (χ1v) is 6.31. The zero-order valence-corrected chi connectivity index (χ0v) is 10.4. The van der Waals surface area contributed by atoms with E-state index >= 15 is 0 Å². The molecule has 0 heterocycles. The van der Waals surface area contributed by atoms with E-state index in [1.807, 2.05) is 42.3 Å². The Bertz CT molecular complexity index is 360. The lowest BCUT2D eigenvalue weighted by Gasteiger charge is -2.22. The fourth-order valence-electron chi connectivity index (χ4n) is 1.88. The molecule has 1 N–H and O–H groups in total. The van der Waals surface area contributed by atoms with E-state index in [4.69, 9.17) is 0 Å². The number of benzene rings is 1. The van der Waals surface area contributed by atoms with Crippen molar-refractivity contribution in [3.8, 4) is 0 Å². The standard InChI is InChI=1S/C14H20N2O/c1-15-10-9-14(17)16(11-12-7-8-12)13-5-3-2-4-6-13/h2-6,12,15H,7-11H2,1H3. The Hall–Kier alpha value is -1.35. The van der Waals surface area contributed by atoms with Crippen LogP contribution in [0.15, 0.2) is 30.3 Å². The van der Waals surface area contributed by atoms with Gasteiger partial charge in [0.1, 0.15) is 0 Å². The van der Waals surface area contributed by atoms with E-state index in [2.05, 4.69) is 5.32 Å². The molecule has 17 heavy (non-hydrogen) atoms. The van der Waals surface area contributed by atoms with Crippen molar-refractivity contribution in [1.82, 2.24) is 5.32 Å². The Kier molecular flexibility index (Phi) is 4.15. The first-order chi connectivity index (χ1) is 8.31. The van der Waals surface area contributed by atoms with E-state index in [9.17, 15) is 4.79 Å². The first-order valence-electron chi connectivity index (χ1n) is 6.31. The molecule has 0 radical (unpaired) electrons. The number of carbonyl (C=O) groups excluding carboxylic acids is 1. The van der Waals surface area contributed by atoms with Crippen molar-refractivity contribution in [3.05, 3.63) is 30.3 Å². The fraction of sp³-hybridized carbons (Fsp3) is 0.500. The van der Waals surface area contributed by atoms with Gasteiger partial charge in [-0.3, -0.25) is 4.79 Å². The quantitative estimate of drug-likeness (QED) is 0.814. The predicted molar refractivity (Wildman–Crippen MR) is 70.1 cm³/mol. The monoisotopic (exact) mass is 232 g/mol. The molecule has 92 valence electrons. The summed E-state index contributed by atoms with van der Waals surface area (Å²) in [6, 6.07) is 9.98. The molecule has 0 bridgehead atoms. The van der Waals surface area contributed by atoms with E-state index in [0.29, 0.717) is 12.3 Å².